The van der Waals surface area contributed by atoms with Gasteiger partial charge in [0.25, 0.3) is 0 Å². The second-order valence-corrected chi connectivity index (χ2v) is 6.57. The highest BCUT2D eigenvalue weighted by atomic mass is 16.7. The van der Waals surface area contributed by atoms with Gasteiger partial charge < -0.3 is 19.3 Å². The summed E-state index contributed by atoms with van der Waals surface area (Å²) in [5.41, 5.74) is 0.833. The van der Waals surface area contributed by atoms with Crippen molar-refractivity contribution in [3.63, 3.8) is 0 Å². The summed E-state index contributed by atoms with van der Waals surface area (Å²) < 4.78 is 17.3. The lowest BCUT2D eigenvalue weighted by Crippen LogP contribution is -2.28. The smallest absolute Gasteiger partial charge is 0.219 e. The fourth-order valence-electron chi connectivity index (χ4n) is 2.79. The molecule has 2 heterocycles. The molecule has 0 amide bonds. The molecule has 1 aliphatic heterocycles. The van der Waals surface area contributed by atoms with E-state index in [0.717, 1.165) is 31.2 Å². The molecule has 1 unspecified atom stereocenters. The molecular weight excluding hydrogens is 356 g/mol. The first-order valence-electron chi connectivity index (χ1n) is 9.63. The summed E-state index contributed by atoms with van der Waals surface area (Å²) in [6.07, 6.45) is 14.4. The monoisotopic (exact) mass is 382 g/mol. The molecule has 28 heavy (non-hydrogen) atoms. The van der Waals surface area contributed by atoms with Crippen LogP contribution in [0.2, 0.25) is 0 Å². The second kappa shape index (κ2) is 10.5. The van der Waals surface area contributed by atoms with E-state index in [9.17, 15) is 5.11 Å². The lowest BCUT2D eigenvalue weighted by molar-refractivity contribution is -0.124. The van der Waals surface area contributed by atoms with Gasteiger partial charge in [-0.25, -0.2) is 9.97 Å². The van der Waals surface area contributed by atoms with Gasteiger partial charge in [0.05, 0.1) is 24.8 Å². The fraction of sp³-hybridized carbons (Fsp3) is 0.364. The molecule has 0 fully saturated rings. The number of hydrogen-bond donors (Lipinski definition) is 1. The van der Waals surface area contributed by atoms with Crippen molar-refractivity contribution in [2.24, 2.45) is 0 Å². The van der Waals surface area contributed by atoms with Gasteiger partial charge in [-0.15, -0.1) is 0 Å². The van der Waals surface area contributed by atoms with E-state index in [0.29, 0.717) is 18.2 Å². The fourth-order valence-corrected chi connectivity index (χ4v) is 2.79. The molecule has 6 heteroatoms. The Morgan fingerprint density at radius 1 is 1.11 bits per heavy atom. The molecule has 148 valence electrons. The normalized spacial score (nSPS) is 16.5. The number of ether oxygens (including phenoxy) is 3. The zero-order valence-corrected chi connectivity index (χ0v) is 16.0. The van der Waals surface area contributed by atoms with Crippen molar-refractivity contribution in [1.82, 2.24) is 9.97 Å². The predicted octanol–water partition coefficient (Wildman–Crippen LogP) is 4.62. The number of nitrogens with zero attached hydrogens (tertiary/aromatic N) is 2. The van der Waals surface area contributed by atoms with Crippen LogP contribution in [0.25, 0.3) is 11.4 Å². The minimum absolute atomic E-state index is 0.0792. The Hall–Kier alpha value is -2.86. The Bertz CT molecular complexity index is 772. The van der Waals surface area contributed by atoms with Gasteiger partial charge in [-0.3, -0.25) is 0 Å². The van der Waals surface area contributed by atoms with Crippen LogP contribution in [0.5, 0.6) is 11.5 Å². The van der Waals surface area contributed by atoms with E-state index < -0.39 is 0 Å². The summed E-state index contributed by atoms with van der Waals surface area (Å²) in [7, 11) is 0. The number of hydrogen-bond acceptors (Lipinski definition) is 6. The number of rotatable bonds is 10. The highest BCUT2D eigenvalue weighted by Crippen LogP contribution is 2.20. The van der Waals surface area contributed by atoms with Crippen LogP contribution in [0, 0.1) is 0 Å². The standard InChI is InChI=1S/C22H26N2O4/c1-2-3-4-7-19(28-21-8-5-6-13-26-21)16-27-20-14-23-22(24-15-20)17-9-11-18(25)12-10-17/h5-6,8-15,19,21,25H,2-4,7,16H2,1H3/t19?,21-/m1/s1. The first-order chi connectivity index (χ1) is 13.7. The third kappa shape index (κ3) is 6.09. The predicted molar refractivity (Wildman–Crippen MR) is 107 cm³/mol. The van der Waals surface area contributed by atoms with Crippen LogP contribution in [-0.2, 0) is 9.47 Å². The molecule has 6 nitrogen and oxygen atoms in total. The molecule has 0 radical (unpaired) electrons. The van der Waals surface area contributed by atoms with E-state index in [2.05, 4.69) is 16.9 Å². The number of aromatic nitrogens is 2. The molecule has 2 atom stereocenters. The van der Waals surface area contributed by atoms with Crippen molar-refractivity contribution in [1.29, 1.82) is 0 Å². The minimum Gasteiger partial charge on any atom is -0.508 e. The molecule has 2 aromatic rings. The Morgan fingerprint density at radius 3 is 2.57 bits per heavy atom. The van der Waals surface area contributed by atoms with Gasteiger partial charge in [-0.05, 0) is 42.8 Å². The summed E-state index contributed by atoms with van der Waals surface area (Å²) in [6.45, 7) is 2.58. The number of aromatic hydroxyl groups is 1. The number of allylic oxidation sites excluding steroid dienone is 2. The van der Waals surface area contributed by atoms with Gasteiger partial charge in [0.2, 0.25) is 6.29 Å². The average molecular weight is 382 g/mol. The Kier molecular flexibility index (Phi) is 7.44. The molecule has 0 aliphatic carbocycles. The first-order valence-corrected chi connectivity index (χ1v) is 9.63. The maximum absolute atomic E-state index is 9.38. The quantitative estimate of drug-likeness (QED) is 0.605. The minimum atomic E-state index is -0.381. The Balaban J connectivity index is 1.55. The van der Waals surface area contributed by atoms with Crippen molar-refractivity contribution in [3.05, 3.63) is 61.1 Å². The van der Waals surface area contributed by atoms with Crippen molar-refractivity contribution in [2.75, 3.05) is 6.61 Å². The zero-order valence-electron chi connectivity index (χ0n) is 16.0. The lowest BCUT2D eigenvalue weighted by atomic mass is 10.1. The van der Waals surface area contributed by atoms with Gasteiger partial charge in [0.15, 0.2) is 11.6 Å². The van der Waals surface area contributed by atoms with Crippen molar-refractivity contribution in [3.8, 4) is 22.9 Å². The van der Waals surface area contributed by atoms with E-state index in [1.165, 1.54) is 0 Å². The van der Waals surface area contributed by atoms with Crippen LogP contribution < -0.4 is 4.74 Å². The Labute approximate surface area is 165 Å². The van der Waals surface area contributed by atoms with Crippen LogP contribution >= 0.6 is 0 Å². The lowest BCUT2D eigenvalue weighted by Gasteiger charge is -2.23. The van der Waals surface area contributed by atoms with Crippen molar-refractivity contribution < 1.29 is 19.3 Å². The average Bonchev–Trinajstić information content (AvgIpc) is 2.74. The van der Waals surface area contributed by atoms with Gasteiger partial charge in [0.1, 0.15) is 12.4 Å². The number of phenols is 1. The van der Waals surface area contributed by atoms with E-state index in [4.69, 9.17) is 14.2 Å². The molecule has 0 saturated carbocycles. The molecular formula is C22H26N2O4. The SMILES string of the molecule is CCCCCC(COc1cnc(-c2ccc(O)cc2)nc1)O[C@@H]1C=CC=CO1. The molecule has 0 bridgehead atoms. The van der Waals surface area contributed by atoms with Gasteiger partial charge in [-0.2, -0.15) is 0 Å². The molecule has 3 rings (SSSR count). The summed E-state index contributed by atoms with van der Waals surface area (Å²) in [4.78, 5) is 8.69. The highest BCUT2D eigenvalue weighted by Gasteiger charge is 2.17. The van der Waals surface area contributed by atoms with Crippen LogP contribution in [0.1, 0.15) is 32.6 Å². The van der Waals surface area contributed by atoms with Crippen LogP contribution in [0.4, 0.5) is 0 Å². The van der Waals surface area contributed by atoms with Crippen LogP contribution in [0.15, 0.2) is 61.1 Å². The highest BCUT2D eigenvalue weighted by molar-refractivity contribution is 5.55. The zero-order chi connectivity index (χ0) is 19.6. The van der Waals surface area contributed by atoms with Gasteiger partial charge >= 0.3 is 0 Å². The summed E-state index contributed by atoms with van der Waals surface area (Å²) >= 11 is 0. The van der Waals surface area contributed by atoms with Crippen LogP contribution in [0.3, 0.4) is 0 Å². The van der Waals surface area contributed by atoms with E-state index in [1.54, 1.807) is 42.9 Å². The molecule has 1 aromatic carbocycles. The molecule has 1 aromatic heterocycles. The Morgan fingerprint density at radius 2 is 1.89 bits per heavy atom. The molecule has 0 saturated heterocycles. The third-order valence-electron chi connectivity index (χ3n) is 4.32. The topological polar surface area (TPSA) is 73.7 Å². The summed E-state index contributed by atoms with van der Waals surface area (Å²) in [5, 5.41) is 9.38. The maximum atomic E-state index is 9.38. The number of unbranched alkanes of at least 4 members (excludes halogenated alkanes) is 2. The van der Waals surface area contributed by atoms with Crippen LogP contribution in [-0.4, -0.2) is 34.1 Å². The third-order valence-corrected chi connectivity index (χ3v) is 4.32. The maximum Gasteiger partial charge on any atom is 0.219 e. The number of benzene rings is 1. The van der Waals surface area contributed by atoms with E-state index >= 15 is 0 Å². The largest absolute Gasteiger partial charge is 0.508 e. The molecule has 1 aliphatic rings. The summed E-state index contributed by atoms with van der Waals surface area (Å²) in [5.74, 6) is 1.38. The number of phenolic OH excluding ortho intramolecular Hbond substituents is 1. The van der Waals surface area contributed by atoms with Crippen molar-refractivity contribution in [2.45, 2.75) is 45.0 Å². The first kappa shape index (κ1) is 19.9. The van der Waals surface area contributed by atoms with Gasteiger partial charge in [-0.1, -0.05) is 32.3 Å². The van der Waals surface area contributed by atoms with E-state index in [-0.39, 0.29) is 18.1 Å². The van der Waals surface area contributed by atoms with Crippen molar-refractivity contribution >= 4 is 0 Å². The molecule has 0 spiro atoms. The second-order valence-electron chi connectivity index (χ2n) is 6.57. The van der Waals surface area contributed by atoms with E-state index in [1.807, 2.05) is 18.2 Å². The molecule has 1 N–H and O–H groups in total. The summed E-state index contributed by atoms with van der Waals surface area (Å²) in [6, 6.07) is 6.76. The van der Waals surface area contributed by atoms with Gasteiger partial charge in [0, 0.05) is 5.56 Å².